The summed E-state index contributed by atoms with van der Waals surface area (Å²) in [6, 6.07) is 5.43. The van der Waals surface area contributed by atoms with Gasteiger partial charge in [-0.2, -0.15) is 0 Å². The molecule has 0 radical (unpaired) electrons. The highest BCUT2D eigenvalue weighted by Crippen LogP contribution is 2.24. The zero-order valence-corrected chi connectivity index (χ0v) is 12.3. The summed E-state index contributed by atoms with van der Waals surface area (Å²) in [5.74, 6) is 1.12. The average Bonchev–Trinajstić information content (AvgIpc) is 2.64. The fourth-order valence-corrected chi connectivity index (χ4v) is 2.83. The molecule has 1 aliphatic rings. The van der Waals surface area contributed by atoms with Crippen molar-refractivity contribution in [2.75, 3.05) is 12.8 Å². The number of benzene rings is 1. The number of anilines is 1. The van der Waals surface area contributed by atoms with E-state index in [1.807, 2.05) is 0 Å². The molecule has 4 nitrogen and oxygen atoms in total. The summed E-state index contributed by atoms with van der Waals surface area (Å²) in [7, 11) is 1.59. The Labute approximate surface area is 120 Å². The monoisotopic (exact) mass is 276 g/mol. The van der Waals surface area contributed by atoms with E-state index in [1.54, 1.807) is 25.3 Å². The van der Waals surface area contributed by atoms with Gasteiger partial charge in [-0.15, -0.1) is 0 Å². The summed E-state index contributed by atoms with van der Waals surface area (Å²) in [5.41, 5.74) is 6.92. The number of nitrogens with two attached hydrogens (primary N) is 1. The van der Waals surface area contributed by atoms with Crippen molar-refractivity contribution in [1.29, 1.82) is 0 Å². The molecule has 0 spiro atoms. The van der Waals surface area contributed by atoms with E-state index in [9.17, 15) is 4.79 Å². The van der Waals surface area contributed by atoms with Crippen molar-refractivity contribution in [2.45, 2.75) is 45.1 Å². The molecule has 1 aromatic rings. The minimum absolute atomic E-state index is 0.0797. The first kappa shape index (κ1) is 14.7. The number of carbonyl (C=O) groups excluding carboxylic acids is 1. The van der Waals surface area contributed by atoms with Gasteiger partial charge in [0.05, 0.1) is 12.7 Å². The van der Waals surface area contributed by atoms with Crippen LogP contribution in [0.15, 0.2) is 18.2 Å². The maximum absolute atomic E-state index is 12.4. The van der Waals surface area contributed by atoms with Crippen LogP contribution >= 0.6 is 0 Å². The molecule has 20 heavy (non-hydrogen) atoms. The number of methoxy groups -OCH3 is 1. The Morgan fingerprint density at radius 2 is 2.05 bits per heavy atom. The Morgan fingerprint density at radius 3 is 2.75 bits per heavy atom. The van der Waals surface area contributed by atoms with Gasteiger partial charge in [0.15, 0.2) is 0 Å². The highest BCUT2D eigenvalue weighted by molar-refractivity contribution is 5.99. The first-order valence-electron chi connectivity index (χ1n) is 7.36. The second kappa shape index (κ2) is 6.64. The highest BCUT2D eigenvalue weighted by Gasteiger charge is 2.22. The summed E-state index contributed by atoms with van der Waals surface area (Å²) in [5, 5.41) is 3.14. The molecule has 1 amide bonds. The van der Waals surface area contributed by atoms with E-state index in [0.717, 1.165) is 6.42 Å². The lowest BCUT2D eigenvalue weighted by atomic mass is 9.96. The predicted octanol–water partition coefficient (Wildman–Crippen LogP) is 2.98. The Balaban J connectivity index is 2.07. The molecule has 3 N–H and O–H groups in total. The lowest BCUT2D eigenvalue weighted by Crippen LogP contribution is -2.39. The third-order valence-electron chi connectivity index (χ3n) is 4.18. The van der Waals surface area contributed by atoms with Crippen molar-refractivity contribution in [3.05, 3.63) is 23.8 Å². The summed E-state index contributed by atoms with van der Waals surface area (Å²) in [4.78, 5) is 12.4. The van der Waals surface area contributed by atoms with Crippen LogP contribution in [0, 0.1) is 5.92 Å². The molecule has 2 atom stereocenters. The number of hydrogen-bond acceptors (Lipinski definition) is 3. The van der Waals surface area contributed by atoms with Gasteiger partial charge in [0, 0.05) is 17.8 Å². The zero-order chi connectivity index (χ0) is 14.5. The summed E-state index contributed by atoms with van der Waals surface area (Å²) >= 11 is 0. The van der Waals surface area contributed by atoms with Crippen LogP contribution in [0.1, 0.15) is 49.4 Å². The van der Waals surface area contributed by atoms with Crippen molar-refractivity contribution < 1.29 is 9.53 Å². The molecule has 110 valence electrons. The van der Waals surface area contributed by atoms with Gasteiger partial charge < -0.3 is 15.8 Å². The molecule has 1 fully saturated rings. The number of rotatable bonds is 3. The maximum Gasteiger partial charge on any atom is 0.253 e. The molecule has 0 bridgehead atoms. The van der Waals surface area contributed by atoms with E-state index in [-0.39, 0.29) is 11.9 Å². The Morgan fingerprint density at radius 1 is 1.30 bits per heavy atom. The van der Waals surface area contributed by atoms with Crippen molar-refractivity contribution in [3.63, 3.8) is 0 Å². The van der Waals surface area contributed by atoms with Crippen molar-refractivity contribution in [3.8, 4) is 5.75 Å². The Hall–Kier alpha value is -1.71. The molecule has 0 aliphatic heterocycles. The summed E-state index contributed by atoms with van der Waals surface area (Å²) < 4.78 is 5.10. The number of hydrogen-bond donors (Lipinski definition) is 2. The summed E-state index contributed by atoms with van der Waals surface area (Å²) in [6.07, 6.45) is 5.96. The fourth-order valence-electron chi connectivity index (χ4n) is 2.83. The van der Waals surface area contributed by atoms with Crippen LogP contribution in [0.2, 0.25) is 0 Å². The molecular formula is C16H24N2O2. The number of carbonyl (C=O) groups is 1. The van der Waals surface area contributed by atoms with E-state index < -0.39 is 0 Å². The summed E-state index contributed by atoms with van der Waals surface area (Å²) in [6.45, 7) is 2.22. The molecule has 2 unspecified atom stereocenters. The van der Waals surface area contributed by atoms with Crippen LogP contribution < -0.4 is 15.8 Å². The molecule has 0 aromatic heterocycles. The van der Waals surface area contributed by atoms with Crippen LogP contribution in [0.25, 0.3) is 0 Å². The standard InChI is InChI=1S/C16H24N2O2/c1-11-6-4-3-5-7-15(11)18-16(19)13-9-8-12(20-2)10-14(13)17/h8-11,15H,3-7,17H2,1-2H3,(H,18,19). The number of nitrogen functional groups attached to an aromatic ring is 1. The zero-order valence-electron chi connectivity index (χ0n) is 12.3. The smallest absolute Gasteiger partial charge is 0.253 e. The van der Waals surface area contributed by atoms with Gasteiger partial charge in [0.2, 0.25) is 0 Å². The molecule has 1 aromatic carbocycles. The number of nitrogens with one attached hydrogen (secondary N) is 1. The SMILES string of the molecule is COc1ccc(C(=O)NC2CCCCCC2C)c(N)c1. The topological polar surface area (TPSA) is 64.3 Å². The van der Waals surface area contributed by atoms with E-state index in [1.165, 1.54) is 25.7 Å². The largest absolute Gasteiger partial charge is 0.497 e. The van der Waals surface area contributed by atoms with Gasteiger partial charge in [0.1, 0.15) is 5.75 Å². The second-order valence-corrected chi connectivity index (χ2v) is 5.65. The first-order chi connectivity index (χ1) is 9.61. The number of amides is 1. The van der Waals surface area contributed by atoms with Gasteiger partial charge in [0.25, 0.3) is 5.91 Å². The molecular weight excluding hydrogens is 252 g/mol. The van der Waals surface area contributed by atoms with Crippen LogP contribution in [0.4, 0.5) is 5.69 Å². The van der Waals surface area contributed by atoms with Gasteiger partial charge in [-0.1, -0.05) is 26.2 Å². The van der Waals surface area contributed by atoms with Crippen LogP contribution in [-0.2, 0) is 0 Å². The maximum atomic E-state index is 12.4. The first-order valence-corrected chi connectivity index (χ1v) is 7.36. The van der Waals surface area contributed by atoms with E-state index in [0.29, 0.717) is 22.9 Å². The third-order valence-corrected chi connectivity index (χ3v) is 4.18. The molecule has 1 saturated carbocycles. The van der Waals surface area contributed by atoms with Crippen molar-refractivity contribution in [2.24, 2.45) is 5.92 Å². The lowest BCUT2D eigenvalue weighted by molar-refractivity contribution is 0.0922. The van der Waals surface area contributed by atoms with E-state index in [2.05, 4.69) is 12.2 Å². The van der Waals surface area contributed by atoms with E-state index >= 15 is 0 Å². The lowest BCUT2D eigenvalue weighted by Gasteiger charge is -2.23. The average molecular weight is 276 g/mol. The van der Waals surface area contributed by atoms with Crippen molar-refractivity contribution >= 4 is 11.6 Å². The predicted molar refractivity (Wildman–Crippen MR) is 80.9 cm³/mol. The van der Waals surface area contributed by atoms with Crippen LogP contribution in [-0.4, -0.2) is 19.1 Å². The molecule has 2 rings (SSSR count). The molecule has 0 saturated heterocycles. The van der Waals surface area contributed by atoms with Gasteiger partial charge in [-0.3, -0.25) is 4.79 Å². The Kier molecular flexibility index (Phi) is 4.88. The van der Waals surface area contributed by atoms with Crippen LogP contribution in [0.5, 0.6) is 5.75 Å². The molecule has 0 heterocycles. The molecule has 4 heteroatoms. The van der Waals surface area contributed by atoms with E-state index in [4.69, 9.17) is 10.5 Å². The van der Waals surface area contributed by atoms with Crippen molar-refractivity contribution in [1.82, 2.24) is 5.32 Å². The quantitative estimate of drug-likeness (QED) is 0.659. The third kappa shape index (κ3) is 3.44. The minimum Gasteiger partial charge on any atom is -0.497 e. The number of ether oxygens (including phenoxy) is 1. The van der Waals surface area contributed by atoms with Crippen LogP contribution in [0.3, 0.4) is 0 Å². The molecule has 1 aliphatic carbocycles. The second-order valence-electron chi connectivity index (χ2n) is 5.65. The highest BCUT2D eigenvalue weighted by atomic mass is 16.5. The van der Waals surface area contributed by atoms with Gasteiger partial charge in [-0.05, 0) is 30.9 Å². The Bertz CT molecular complexity index is 474. The van der Waals surface area contributed by atoms with Gasteiger partial charge >= 0.3 is 0 Å². The van der Waals surface area contributed by atoms with Gasteiger partial charge in [-0.25, -0.2) is 0 Å². The normalized spacial score (nSPS) is 22.9. The minimum atomic E-state index is -0.0797. The fraction of sp³-hybridized carbons (Fsp3) is 0.562.